The third-order valence-corrected chi connectivity index (χ3v) is 4.44. The summed E-state index contributed by atoms with van der Waals surface area (Å²) >= 11 is 9.55. The Kier molecular flexibility index (Phi) is 6.39. The topological polar surface area (TPSA) is 63.8 Å². The normalized spacial score (nSPS) is 13.0. The molecule has 0 aliphatic rings. The predicted octanol–water partition coefficient (Wildman–Crippen LogP) is 4.14. The highest BCUT2D eigenvalue weighted by Crippen LogP contribution is 2.30. The number of imidazole rings is 1. The van der Waals surface area contributed by atoms with E-state index in [4.69, 9.17) is 11.6 Å². The van der Waals surface area contributed by atoms with Crippen molar-refractivity contribution in [3.05, 3.63) is 16.2 Å². The van der Waals surface area contributed by atoms with Crippen molar-refractivity contribution in [1.82, 2.24) is 19.5 Å². The summed E-state index contributed by atoms with van der Waals surface area (Å²) in [5.41, 5.74) is 1.32. The van der Waals surface area contributed by atoms with Gasteiger partial charge < -0.3 is 5.11 Å². The van der Waals surface area contributed by atoms with Gasteiger partial charge in [-0.25, -0.2) is 15.0 Å². The number of aromatic nitrogens is 4. The molecule has 0 saturated carbocycles. The van der Waals surface area contributed by atoms with E-state index in [1.54, 1.807) is 0 Å². The molecule has 0 aliphatic heterocycles. The smallest absolute Gasteiger partial charge is 0.179 e. The van der Waals surface area contributed by atoms with Crippen LogP contribution in [0.2, 0.25) is 5.15 Å². The van der Waals surface area contributed by atoms with Crippen LogP contribution in [0.25, 0.3) is 11.2 Å². The van der Waals surface area contributed by atoms with E-state index in [1.807, 2.05) is 4.57 Å². The van der Waals surface area contributed by atoms with Gasteiger partial charge in [-0.1, -0.05) is 44.2 Å². The van der Waals surface area contributed by atoms with Crippen molar-refractivity contribution in [3.63, 3.8) is 0 Å². The molecule has 1 unspecified atom stereocenters. The van der Waals surface area contributed by atoms with Crippen LogP contribution in [0.4, 0.5) is 0 Å². The maximum Gasteiger partial charge on any atom is 0.179 e. The first-order chi connectivity index (χ1) is 10.2. The number of nitrogens with zero attached hydrogens (tertiary/aromatic N) is 4. The van der Waals surface area contributed by atoms with E-state index in [0.717, 1.165) is 18.5 Å². The minimum Gasteiger partial charge on any atom is -0.396 e. The highest BCUT2D eigenvalue weighted by molar-refractivity contribution is 9.10. The quantitative estimate of drug-likeness (QED) is 0.428. The van der Waals surface area contributed by atoms with Crippen LogP contribution < -0.4 is 0 Å². The van der Waals surface area contributed by atoms with Gasteiger partial charge in [-0.05, 0) is 28.8 Å². The van der Waals surface area contributed by atoms with Crippen LogP contribution in [0.5, 0.6) is 0 Å². The zero-order chi connectivity index (χ0) is 15.2. The van der Waals surface area contributed by atoms with E-state index in [2.05, 4.69) is 37.8 Å². The molecule has 116 valence electrons. The van der Waals surface area contributed by atoms with Gasteiger partial charge in [0.15, 0.2) is 15.5 Å². The lowest BCUT2D eigenvalue weighted by Crippen LogP contribution is -2.12. The monoisotopic (exact) mass is 374 g/mol. The SMILES string of the molecule is CCCCCCC(CCO)n1c(Br)nc2c(Cl)ncnc21. The number of halogens is 2. The summed E-state index contributed by atoms with van der Waals surface area (Å²) in [5, 5.41) is 9.70. The number of aliphatic hydroxyl groups is 1. The van der Waals surface area contributed by atoms with E-state index >= 15 is 0 Å². The van der Waals surface area contributed by atoms with Crippen molar-refractivity contribution in [2.24, 2.45) is 0 Å². The molecule has 0 saturated heterocycles. The highest BCUT2D eigenvalue weighted by Gasteiger charge is 2.20. The maximum atomic E-state index is 9.35. The fourth-order valence-electron chi connectivity index (χ4n) is 2.54. The Morgan fingerprint density at radius 1 is 1.29 bits per heavy atom. The molecule has 0 radical (unpaired) electrons. The minimum atomic E-state index is 0.142. The van der Waals surface area contributed by atoms with Crippen LogP contribution >= 0.6 is 27.5 Å². The molecule has 0 spiro atoms. The van der Waals surface area contributed by atoms with Gasteiger partial charge in [0.25, 0.3) is 0 Å². The minimum absolute atomic E-state index is 0.142. The molecule has 2 heterocycles. The Morgan fingerprint density at radius 3 is 2.81 bits per heavy atom. The second-order valence-electron chi connectivity index (χ2n) is 5.10. The summed E-state index contributed by atoms with van der Waals surface area (Å²) in [7, 11) is 0. The number of fused-ring (bicyclic) bond motifs is 1. The number of hydrogen-bond donors (Lipinski definition) is 1. The molecule has 7 heteroatoms. The average Bonchev–Trinajstić information content (AvgIpc) is 2.80. The van der Waals surface area contributed by atoms with Crippen molar-refractivity contribution >= 4 is 38.7 Å². The van der Waals surface area contributed by atoms with Crippen molar-refractivity contribution in [3.8, 4) is 0 Å². The predicted molar refractivity (Wildman–Crippen MR) is 87.5 cm³/mol. The maximum absolute atomic E-state index is 9.35. The third-order valence-electron chi connectivity index (χ3n) is 3.61. The number of hydrogen-bond acceptors (Lipinski definition) is 4. The van der Waals surface area contributed by atoms with Crippen molar-refractivity contribution < 1.29 is 5.11 Å². The van der Waals surface area contributed by atoms with E-state index in [9.17, 15) is 5.11 Å². The van der Waals surface area contributed by atoms with Gasteiger partial charge in [-0.2, -0.15) is 0 Å². The summed E-state index contributed by atoms with van der Waals surface area (Å²) in [6, 6.07) is 0.164. The molecular formula is C14H20BrClN4O. The molecule has 0 aromatic carbocycles. The molecule has 0 bridgehead atoms. The van der Waals surface area contributed by atoms with Gasteiger partial charge in [0, 0.05) is 12.6 Å². The fourth-order valence-corrected chi connectivity index (χ4v) is 3.34. The van der Waals surface area contributed by atoms with Crippen LogP contribution in [0.1, 0.15) is 51.5 Å². The Morgan fingerprint density at radius 2 is 2.10 bits per heavy atom. The summed E-state index contributed by atoms with van der Waals surface area (Å²) in [6.07, 6.45) is 7.91. The van der Waals surface area contributed by atoms with Gasteiger partial charge in [0.2, 0.25) is 0 Å². The number of rotatable bonds is 8. The van der Waals surface area contributed by atoms with Crippen LogP contribution in [0, 0.1) is 0 Å². The van der Waals surface area contributed by atoms with Crippen LogP contribution in [-0.4, -0.2) is 31.2 Å². The van der Waals surface area contributed by atoms with Gasteiger partial charge in [-0.15, -0.1) is 0 Å². The molecular weight excluding hydrogens is 356 g/mol. The largest absolute Gasteiger partial charge is 0.396 e. The van der Waals surface area contributed by atoms with Gasteiger partial charge in [0.05, 0.1) is 0 Å². The van der Waals surface area contributed by atoms with E-state index in [1.165, 1.54) is 25.6 Å². The molecule has 2 aromatic heterocycles. The summed E-state index contributed by atoms with van der Waals surface area (Å²) in [4.78, 5) is 12.7. The Hall–Kier alpha value is -0.720. The zero-order valence-corrected chi connectivity index (χ0v) is 14.4. The molecule has 2 aromatic rings. The van der Waals surface area contributed by atoms with Gasteiger partial charge >= 0.3 is 0 Å². The van der Waals surface area contributed by atoms with Crippen molar-refractivity contribution in [1.29, 1.82) is 0 Å². The second kappa shape index (κ2) is 8.06. The Balaban J connectivity index is 2.27. The standard InChI is InChI=1S/C14H20BrClN4O/c1-2-3-4-5-6-10(7-8-21)20-13-11(19-14(20)15)12(16)17-9-18-13/h9-10,21H,2-8H2,1H3. The molecule has 2 rings (SSSR count). The van der Waals surface area contributed by atoms with Gasteiger partial charge in [-0.3, -0.25) is 4.57 Å². The molecule has 5 nitrogen and oxygen atoms in total. The first-order valence-corrected chi connectivity index (χ1v) is 8.50. The molecule has 0 aliphatic carbocycles. The summed E-state index contributed by atoms with van der Waals surface area (Å²) in [5.74, 6) is 0. The number of unbranched alkanes of at least 4 members (excludes halogenated alkanes) is 3. The molecule has 21 heavy (non-hydrogen) atoms. The first-order valence-electron chi connectivity index (χ1n) is 7.33. The summed E-state index contributed by atoms with van der Waals surface area (Å²) < 4.78 is 2.71. The Bertz CT molecular complexity index is 590. The lowest BCUT2D eigenvalue weighted by molar-refractivity contribution is 0.250. The number of aliphatic hydroxyl groups excluding tert-OH is 1. The van der Waals surface area contributed by atoms with Crippen LogP contribution in [0.15, 0.2) is 11.1 Å². The van der Waals surface area contributed by atoms with E-state index < -0.39 is 0 Å². The lowest BCUT2D eigenvalue weighted by atomic mass is 10.0. The lowest BCUT2D eigenvalue weighted by Gasteiger charge is -2.19. The highest BCUT2D eigenvalue weighted by atomic mass is 79.9. The van der Waals surface area contributed by atoms with Crippen LogP contribution in [0.3, 0.4) is 0 Å². The van der Waals surface area contributed by atoms with Crippen molar-refractivity contribution in [2.45, 2.75) is 51.5 Å². The average molecular weight is 376 g/mol. The summed E-state index contributed by atoms with van der Waals surface area (Å²) in [6.45, 7) is 2.34. The van der Waals surface area contributed by atoms with E-state index in [-0.39, 0.29) is 12.6 Å². The van der Waals surface area contributed by atoms with Gasteiger partial charge in [0.1, 0.15) is 11.8 Å². The fraction of sp³-hybridized carbons (Fsp3) is 0.643. The third kappa shape index (κ3) is 3.93. The zero-order valence-electron chi connectivity index (χ0n) is 12.1. The van der Waals surface area contributed by atoms with Crippen LogP contribution in [-0.2, 0) is 0 Å². The second-order valence-corrected chi connectivity index (χ2v) is 6.17. The molecule has 1 atom stereocenters. The molecule has 1 N–H and O–H groups in total. The molecule has 0 amide bonds. The Labute approximate surface area is 137 Å². The first kappa shape index (κ1) is 16.6. The van der Waals surface area contributed by atoms with Crippen molar-refractivity contribution in [2.75, 3.05) is 6.61 Å². The van der Waals surface area contributed by atoms with E-state index in [0.29, 0.717) is 21.8 Å². The molecule has 0 fully saturated rings.